The van der Waals surface area contributed by atoms with Gasteiger partial charge in [0.15, 0.2) is 5.82 Å². The lowest BCUT2D eigenvalue weighted by atomic mass is 10.2. The van der Waals surface area contributed by atoms with E-state index in [2.05, 4.69) is 25.5 Å². The summed E-state index contributed by atoms with van der Waals surface area (Å²) in [5.74, 6) is 1.56. The van der Waals surface area contributed by atoms with Crippen LogP contribution in [0.4, 0.5) is 5.95 Å². The van der Waals surface area contributed by atoms with E-state index in [1.54, 1.807) is 43.8 Å². The Morgan fingerprint density at radius 3 is 2.83 bits per heavy atom. The van der Waals surface area contributed by atoms with E-state index < -0.39 is 0 Å². The molecule has 4 aromatic rings. The maximum Gasteiger partial charge on any atom is 0.258 e. The van der Waals surface area contributed by atoms with E-state index in [1.807, 2.05) is 36.4 Å². The zero-order valence-electron chi connectivity index (χ0n) is 16.2. The number of anilines is 1. The average Bonchev–Trinajstić information content (AvgIpc) is 3.27. The van der Waals surface area contributed by atoms with Crippen molar-refractivity contribution in [1.29, 1.82) is 0 Å². The summed E-state index contributed by atoms with van der Waals surface area (Å²) < 4.78 is 11.1. The molecule has 1 amide bonds. The molecule has 0 bridgehead atoms. The van der Waals surface area contributed by atoms with Crippen LogP contribution in [-0.4, -0.2) is 33.2 Å². The fourth-order valence-corrected chi connectivity index (χ4v) is 2.83. The van der Waals surface area contributed by atoms with E-state index >= 15 is 0 Å². The SMILES string of the molecule is COc1ccccc1-c1nc(NC(=O)c2cccc(OCc3cccnc3)c2)n[nH]1. The van der Waals surface area contributed by atoms with E-state index in [9.17, 15) is 4.79 Å². The maximum absolute atomic E-state index is 12.6. The van der Waals surface area contributed by atoms with Crippen LogP contribution >= 0.6 is 0 Å². The van der Waals surface area contributed by atoms with Gasteiger partial charge < -0.3 is 9.47 Å². The number of rotatable bonds is 7. The lowest BCUT2D eigenvalue weighted by molar-refractivity contribution is 0.102. The molecule has 0 radical (unpaired) electrons. The molecule has 8 heteroatoms. The number of aromatic amines is 1. The van der Waals surface area contributed by atoms with Gasteiger partial charge in [0, 0.05) is 23.5 Å². The number of nitrogens with zero attached hydrogens (tertiary/aromatic N) is 3. The maximum atomic E-state index is 12.6. The van der Waals surface area contributed by atoms with Gasteiger partial charge in [0.2, 0.25) is 5.95 Å². The molecule has 2 aromatic heterocycles. The van der Waals surface area contributed by atoms with Crippen LogP contribution in [0.3, 0.4) is 0 Å². The van der Waals surface area contributed by atoms with Crippen molar-refractivity contribution >= 4 is 11.9 Å². The second-order valence-corrected chi connectivity index (χ2v) is 6.34. The van der Waals surface area contributed by atoms with Crippen molar-refractivity contribution in [1.82, 2.24) is 20.2 Å². The standard InChI is InChI=1S/C22H19N5O3/c1-29-19-10-3-2-9-18(19)20-24-22(27-26-20)25-21(28)16-7-4-8-17(12-16)30-14-15-6-5-11-23-13-15/h2-13H,14H2,1H3,(H2,24,25,26,27,28). The molecule has 0 aliphatic carbocycles. The van der Waals surface area contributed by atoms with Crippen molar-refractivity contribution in [2.24, 2.45) is 0 Å². The number of methoxy groups -OCH3 is 1. The molecule has 0 unspecified atom stereocenters. The number of aromatic nitrogens is 4. The number of carbonyl (C=O) groups excluding carboxylic acids is 1. The van der Waals surface area contributed by atoms with Crippen molar-refractivity contribution in [2.45, 2.75) is 6.61 Å². The second-order valence-electron chi connectivity index (χ2n) is 6.34. The zero-order valence-corrected chi connectivity index (χ0v) is 16.2. The van der Waals surface area contributed by atoms with Crippen molar-refractivity contribution in [3.63, 3.8) is 0 Å². The van der Waals surface area contributed by atoms with Crippen LogP contribution in [-0.2, 0) is 6.61 Å². The fourth-order valence-electron chi connectivity index (χ4n) is 2.83. The molecule has 8 nitrogen and oxygen atoms in total. The molecule has 0 atom stereocenters. The molecule has 2 N–H and O–H groups in total. The Labute approximate surface area is 172 Å². The van der Waals surface area contributed by atoms with Gasteiger partial charge in [0.05, 0.1) is 12.7 Å². The summed E-state index contributed by atoms with van der Waals surface area (Å²) in [5, 5.41) is 9.58. The number of ether oxygens (including phenoxy) is 2. The van der Waals surface area contributed by atoms with Gasteiger partial charge in [-0.15, -0.1) is 5.10 Å². The molecule has 4 rings (SSSR count). The Bertz CT molecular complexity index is 1140. The summed E-state index contributed by atoms with van der Waals surface area (Å²) in [7, 11) is 1.58. The minimum absolute atomic E-state index is 0.169. The van der Waals surface area contributed by atoms with Crippen LogP contribution in [0.1, 0.15) is 15.9 Å². The lowest BCUT2D eigenvalue weighted by Crippen LogP contribution is -2.13. The number of hydrogen-bond acceptors (Lipinski definition) is 6. The normalized spacial score (nSPS) is 10.4. The first-order valence-electron chi connectivity index (χ1n) is 9.22. The molecule has 0 saturated carbocycles. The Hall–Kier alpha value is -4.20. The highest BCUT2D eigenvalue weighted by Crippen LogP contribution is 2.27. The Kier molecular flexibility index (Phi) is 5.66. The molecular weight excluding hydrogens is 382 g/mol. The molecular formula is C22H19N5O3. The smallest absolute Gasteiger partial charge is 0.258 e. The predicted molar refractivity (Wildman–Crippen MR) is 111 cm³/mol. The summed E-state index contributed by atoms with van der Waals surface area (Å²) in [4.78, 5) is 21.0. The van der Waals surface area contributed by atoms with Crippen LogP contribution in [0, 0.1) is 0 Å². The molecule has 0 saturated heterocycles. The van der Waals surface area contributed by atoms with E-state index in [1.165, 1.54) is 0 Å². The van der Waals surface area contributed by atoms with Crippen molar-refractivity contribution < 1.29 is 14.3 Å². The van der Waals surface area contributed by atoms with Crippen molar-refractivity contribution in [2.75, 3.05) is 12.4 Å². The summed E-state index contributed by atoms with van der Waals surface area (Å²) >= 11 is 0. The van der Waals surface area contributed by atoms with Gasteiger partial charge in [0.25, 0.3) is 5.91 Å². The monoisotopic (exact) mass is 401 g/mol. The average molecular weight is 401 g/mol. The van der Waals surface area contributed by atoms with Crippen LogP contribution < -0.4 is 14.8 Å². The minimum Gasteiger partial charge on any atom is -0.496 e. The van der Waals surface area contributed by atoms with Gasteiger partial charge in [-0.2, -0.15) is 4.98 Å². The van der Waals surface area contributed by atoms with Gasteiger partial charge in [0.1, 0.15) is 18.1 Å². The van der Waals surface area contributed by atoms with Gasteiger partial charge in [-0.1, -0.05) is 24.3 Å². The molecule has 0 aliphatic heterocycles. The van der Waals surface area contributed by atoms with E-state index in [0.717, 1.165) is 11.1 Å². The molecule has 30 heavy (non-hydrogen) atoms. The molecule has 2 aromatic carbocycles. The first kappa shape index (κ1) is 19.1. The number of carbonyl (C=O) groups is 1. The highest BCUT2D eigenvalue weighted by Gasteiger charge is 2.13. The Morgan fingerprint density at radius 2 is 2.00 bits per heavy atom. The van der Waals surface area contributed by atoms with Crippen LogP contribution in [0.2, 0.25) is 0 Å². The third-order valence-electron chi connectivity index (χ3n) is 4.30. The van der Waals surface area contributed by atoms with Gasteiger partial charge in [-0.3, -0.25) is 20.2 Å². The third-order valence-corrected chi connectivity index (χ3v) is 4.30. The van der Waals surface area contributed by atoms with Crippen molar-refractivity contribution in [3.05, 3.63) is 84.2 Å². The number of para-hydroxylation sites is 1. The lowest BCUT2D eigenvalue weighted by Gasteiger charge is -2.07. The Morgan fingerprint density at radius 1 is 1.10 bits per heavy atom. The topological polar surface area (TPSA) is 102 Å². The van der Waals surface area contributed by atoms with Crippen LogP contribution in [0.15, 0.2) is 73.1 Å². The number of hydrogen-bond donors (Lipinski definition) is 2. The number of pyridine rings is 1. The second kappa shape index (κ2) is 8.87. The van der Waals surface area contributed by atoms with Gasteiger partial charge in [-0.05, 0) is 36.4 Å². The van der Waals surface area contributed by atoms with Crippen LogP contribution in [0.5, 0.6) is 11.5 Å². The molecule has 0 spiro atoms. The molecule has 150 valence electrons. The highest BCUT2D eigenvalue weighted by molar-refractivity contribution is 6.03. The van der Waals surface area contributed by atoms with E-state index in [0.29, 0.717) is 29.5 Å². The largest absolute Gasteiger partial charge is 0.496 e. The molecule has 0 aliphatic rings. The van der Waals surface area contributed by atoms with Gasteiger partial charge >= 0.3 is 0 Å². The highest BCUT2D eigenvalue weighted by atomic mass is 16.5. The number of benzene rings is 2. The summed E-state index contributed by atoms with van der Waals surface area (Å²) in [6, 6.07) is 18.1. The number of amides is 1. The fraction of sp³-hybridized carbons (Fsp3) is 0.0909. The van der Waals surface area contributed by atoms with Gasteiger partial charge in [-0.25, -0.2) is 0 Å². The molecule has 2 heterocycles. The van der Waals surface area contributed by atoms with E-state index in [4.69, 9.17) is 9.47 Å². The predicted octanol–water partition coefficient (Wildman–Crippen LogP) is 3.71. The minimum atomic E-state index is -0.340. The summed E-state index contributed by atoms with van der Waals surface area (Å²) in [6.45, 7) is 0.363. The van der Waals surface area contributed by atoms with E-state index in [-0.39, 0.29) is 11.9 Å². The number of H-pyrrole nitrogens is 1. The quantitative estimate of drug-likeness (QED) is 0.489. The first-order valence-corrected chi connectivity index (χ1v) is 9.22. The Balaban J connectivity index is 1.44. The van der Waals surface area contributed by atoms with Crippen LogP contribution in [0.25, 0.3) is 11.4 Å². The first-order chi connectivity index (χ1) is 14.7. The summed E-state index contributed by atoms with van der Waals surface area (Å²) in [6.07, 6.45) is 3.44. The molecule has 0 fully saturated rings. The third kappa shape index (κ3) is 4.44. The van der Waals surface area contributed by atoms with Crippen molar-refractivity contribution in [3.8, 4) is 22.9 Å². The number of nitrogens with one attached hydrogen (secondary N) is 2. The summed E-state index contributed by atoms with van der Waals surface area (Å²) in [5.41, 5.74) is 2.12. The zero-order chi connectivity index (χ0) is 20.8.